The van der Waals surface area contributed by atoms with Gasteiger partial charge in [0, 0.05) is 12.0 Å². The van der Waals surface area contributed by atoms with Gasteiger partial charge in [-0.2, -0.15) is 0 Å². The summed E-state index contributed by atoms with van der Waals surface area (Å²) in [5.74, 6) is 3.03. The zero-order valence-electron chi connectivity index (χ0n) is 14.1. The number of hydrogen-bond acceptors (Lipinski definition) is 4. The Morgan fingerprint density at radius 2 is 2.12 bits per heavy atom. The van der Waals surface area contributed by atoms with Crippen LogP contribution in [0.4, 0.5) is 0 Å². The quantitative estimate of drug-likeness (QED) is 0.515. The number of nitrogens with zero attached hydrogens (tertiary/aromatic N) is 1. The van der Waals surface area contributed by atoms with Crippen molar-refractivity contribution in [3.8, 4) is 28.8 Å². The van der Waals surface area contributed by atoms with E-state index in [-0.39, 0.29) is 0 Å². The van der Waals surface area contributed by atoms with Gasteiger partial charge in [-0.05, 0) is 37.6 Å². The van der Waals surface area contributed by atoms with Crippen LogP contribution in [0.25, 0.3) is 11.4 Å². The van der Waals surface area contributed by atoms with Crippen molar-refractivity contribution in [2.75, 3.05) is 6.61 Å². The van der Waals surface area contributed by atoms with E-state index < -0.39 is 0 Å². The van der Waals surface area contributed by atoms with Crippen molar-refractivity contribution < 1.29 is 9.47 Å². The number of nitrogens with one attached hydrogen (secondary N) is 1. The highest BCUT2D eigenvalue weighted by molar-refractivity contribution is 7.71. The summed E-state index contributed by atoms with van der Waals surface area (Å²) in [4.78, 5) is 7.87. The third-order valence-electron chi connectivity index (χ3n) is 4.19. The van der Waals surface area contributed by atoms with Gasteiger partial charge in [0.05, 0.1) is 12.2 Å². The highest BCUT2D eigenvalue weighted by Crippen LogP contribution is 2.37. The molecule has 0 fully saturated rings. The number of aromatic nitrogens is 2. The summed E-state index contributed by atoms with van der Waals surface area (Å²) in [5.41, 5.74) is 4.19. The molecule has 3 aromatic rings. The minimum Gasteiger partial charge on any atom is -0.494 e. The second-order valence-electron chi connectivity index (χ2n) is 6.05. The van der Waals surface area contributed by atoms with Gasteiger partial charge in [-0.3, -0.25) is 0 Å². The molecule has 2 heterocycles. The molecule has 25 heavy (non-hydrogen) atoms. The van der Waals surface area contributed by atoms with Crippen LogP contribution < -0.4 is 9.47 Å². The molecule has 1 aromatic heterocycles. The average Bonchev–Trinajstić information content (AvgIpc) is 2.61. The lowest BCUT2D eigenvalue weighted by Crippen LogP contribution is -2.08. The van der Waals surface area contributed by atoms with E-state index in [0.717, 1.165) is 34.6 Å². The van der Waals surface area contributed by atoms with E-state index in [2.05, 4.69) is 23.0 Å². The number of H-pyrrole nitrogens is 1. The lowest BCUT2D eigenvalue weighted by molar-refractivity contribution is 0.340. The molecule has 0 bridgehead atoms. The molecule has 0 atom stereocenters. The molecule has 5 heteroatoms. The fourth-order valence-corrected chi connectivity index (χ4v) is 3.26. The second kappa shape index (κ2) is 6.33. The summed E-state index contributed by atoms with van der Waals surface area (Å²) in [6.45, 7) is 4.66. The highest BCUT2D eigenvalue weighted by atomic mass is 32.1. The Kier molecular flexibility index (Phi) is 4.01. The van der Waals surface area contributed by atoms with Gasteiger partial charge in [-0.1, -0.05) is 42.0 Å². The van der Waals surface area contributed by atoms with Crippen LogP contribution in [0.3, 0.4) is 0 Å². The van der Waals surface area contributed by atoms with Gasteiger partial charge < -0.3 is 14.5 Å². The summed E-state index contributed by atoms with van der Waals surface area (Å²) in [6, 6.07) is 14.0. The van der Waals surface area contributed by atoms with E-state index in [1.165, 1.54) is 5.56 Å². The van der Waals surface area contributed by atoms with Crippen LogP contribution in [-0.2, 0) is 6.42 Å². The molecule has 0 spiro atoms. The summed E-state index contributed by atoms with van der Waals surface area (Å²) < 4.78 is 12.2. The highest BCUT2D eigenvalue weighted by Gasteiger charge is 2.20. The van der Waals surface area contributed by atoms with Crippen LogP contribution in [0.2, 0.25) is 0 Å². The molecule has 0 saturated carbocycles. The monoisotopic (exact) mass is 350 g/mol. The Bertz CT molecular complexity index is 1010. The molecule has 1 aliphatic heterocycles. The molecule has 1 N–H and O–H groups in total. The number of aromatic amines is 1. The van der Waals surface area contributed by atoms with E-state index in [4.69, 9.17) is 21.7 Å². The largest absolute Gasteiger partial charge is 0.494 e. The Hall–Kier alpha value is -2.66. The molecule has 1 aliphatic rings. The summed E-state index contributed by atoms with van der Waals surface area (Å²) >= 11 is 5.53. The molecule has 4 nitrogen and oxygen atoms in total. The molecular weight excluding hydrogens is 332 g/mol. The molecule has 126 valence electrons. The fraction of sp³-hybridized carbons (Fsp3) is 0.200. The van der Waals surface area contributed by atoms with Crippen molar-refractivity contribution in [3.05, 3.63) is 63.8 Å². The number of fused-ring (bicyclic) bond motifs is 2. The maximum Gasteiger partial charge on any atom is 0.205 e. The van der Waals surface area contributed by atoms with Crippen molar-refractivity contribution in [3.63, 3.8) is 0 Å². The van der Waals surface area contributed by atoms with Gasteiger partial charge >= 0.3 is 0 Å². The molecule has 0 amide bonds. The summed E-state index contributed by atoms with van der Waals surface area (Å²) in [6.07, 6.45) is 0.730. The molecular formula is C20H18N2O2S. The molecule has 4 rings (SSSR count). The Labute approximate surface area is 151 Å². The molecule has 0 radical (unpaired) electrons. The third kappa shape index (κ3) is 3.03. The van der Waals surface area contributed by atoms with Crippen LogP contribution >= 0.6 is 12.2 Å². The SMILES string of the molecule is CCOc1cccc(-c2nc(=S)c3c([nH]2)Oc2ccc(C)cc2C3)c1. The van der Waals surface area contributed by atoms with Gasteiger partial charge in [0.2, 0.25) is 5.88 Å². The maximum atomic E-state index is 6.06. The molecule has 2 aromatic carbocycles. The third-order valence-corrected chi connectivity index (χ3v) is 4.53. The Morgan fingerprint density at radius 3 is 2.96 bits per heavy atom. The minimum absolute atomic E-state index is 0.567. The van der Waals surface area contributed by atoms with Crippen LogP contribution in [0, 0.1) is 11.6 Å². The van der Waals surface area contributed by atoms with E-state index in [0.29, 0.717) is 23.0 Å². The molecule has 0 saturated heterocycles. The predicted molar refractivity (Wildman–Crippen MR) is 100 cm³/mol. The number of ether oxygens (including phenoxy) is 2. The van der Waals surface area contributed by atoms with E-state index >= 15 is 0 Å². The standard InChI is InChI=1S/C20H18N2O2S/c1-3-23-15-6-4-5-13(10-15)18-21-19-16(20(25)22-18)11-14-9-12(2)7-8-17(14)24-19/h4-10H,3,11H2,1-2H3,(H,21,22,25). The van der Waals surface area contributed by atoms with Crippen LogP contribution in [-0.4, -0.2) is 16.6 Å². The van der Waals surface area contributed by atoms with Crippen molar-refractivity contribution in [1.29, 1.82) is 0 Å². The average molecular weight is 350 g/mol. The van der Waals surface area contributed by atoms with Gasteiger partial charge in [0.1, 0.15) is 22.0 Å². The predicted octanol–water partition coefficient (Wildman–Crippen LogP) is 5.21. The maximum absolute atomic E-state index is 6.06. The van der Waals surface area contributed by atoms with E-state index in [1.54, 1.807) is 0 Å². The smallest absolute Gasteiger partial charge is 0.205 e. The molecule has 0 unspecified atom stereocenters. The Morgan fingerprint density at radius 1 is 1.24 bits per heavy atom. The van der Waals surface area contributed by atoms with Gasteiger partial charge in [0.25, 0.3) is 0 Å². The van der Waals surface area contributed by atoms with Gasteiger partial charge in [0.15, 0.2) is 0 Å². The van der Waals surface area contributed by atoms with Crippen LogP contribution in [0.15, 0.2) is 42.5 Å². The van der Waals surface area contributed by atoms with E-state index in [9.17, 15) is 0 Å². The second-order valence-corrected chi connectivity index (χ2v) is 6.44. The lowest BCUT2D eigenvalue weighted by Gasteiger charge is -2.21. The topological polar surface area (TPSA) is 47.1 Å². The zero-order chi connectivity index (χ0) is 17.4. The first-order valence-corrected chi connectivity index (χ1v) is 8.68. The van der Waals surface area contributed by atoms with Crippen LogP contribution in [0.5, 0.6) is 17.4 Å². The Balaban J connectivity index is 1.76. The first-order valence-electron chi connectivity index (χ1n) is 8.28. The van der Waals surface area contributed by atoms with Crippen molar-refractivity contribution in [2.24, 2.45) is 0 Å². The fourth-order valence-electron chi connectivity index (χ4n) is 3.00. The summed E-state index contributed by atoms with van der Waals surface area (Å²) in [7, 11) is 0. The number of hydrogen-bond donors (Lipinski definition) is 1. The minimum atomic E-state index is 0.567. The van der Waals surface area contributed by atoms with Crippen molar-refractivity contribution >= 4 is 12.2 Å². The first-order chi connectivity index (χ1) is 12.1. The number of aryl methyl sites for hydroxylation is 1. The first kappa shape index (κ1) is 15.8. The van der Waals surface area contributed by atoms with Crippen LogP contribution in [0.1, 0.15) is 23.6 Å². The zero-order valence-corrected chi connectivity index (χ0v) is 14.9. The van der Waals surface area contributed by atoms with Crippen molar-refractivity contribution in [1.82, 2.24) is 9.97 Å². The van der Waals surface area contributed by atoms with Crippen molar-refractivity contribution in [2.45, 2.75) is 20.3 Å². The van der Waals surface area contributed by atoms with Gasteiger partial charge in [-0.25, -0.2) is 4.98 Å². The summed E-state index contributed by atoms with van der Waals surface area (Å²) in [5, 5.41) is 0. The lowest BCUT2D eigenvalue weighted by atomic mass is 10.0. The normalized spacial score (nSPS) is 12.1. The molecule has 0 aliphatic carbocycles. The van der Waals surface area contributed by atoms with E-state index in [1.807, 2.05) is 43.3 Å². The number of rotatable bonds is 3. The number of benzene rings is 2. The van der Waals surface area contributed by atoms with Gasteiger partial charge in [-0.15, -0.1) is 0 Å².